The van der Waals surface area contributed by atoms with Crippen LogP contribution in [-0.4, -0.2) is 11.9 Å². The van der Waals surface area contributed by atoms with Gasteiger partial charge in [-0.25, -0.2) is 0 Å². The van der Waals surface area contributed by atoms with Crippen LogP contribution in [-0.2, 0) is 0 Å². The highest BCUT2D eigenvalue weighted by Gasteiger charge is 2.05. The minimum atomic E-state index is 0.513. The molecule has 0 aliphatic carbocycles. The molecule has 74 valence electrons. The summed E-state index contributed by atoms with van der Waals surface area (Å²) in [5.74, 6) is 0.513. The summed E-state index contributed by atoms with van der Waals surface area (Å²) in [5.41, 5.74) is 3.45. The molecule has 1 nitrogen and oxygen atoms in total. The first kappa shape index (κ1) is 12.0. The van der Waals surface area contributed by atoms with Gasteiger partial charge in [-0.1, -0.05) is 32.6 Å². The summed E-state index contributed by atoms with van der Waals surface area (Å²) >= 11 is 0. The Bertz CT molecular complexity index is 234. The Morgan fingerprint density at radius 1 is 1.23 bits per heavy atom. The highest BCUT2D eigenvalue weighted by atomic mass is 15.1. The second-order valence-electron chi connectivity index (χ2n) is 3.87. The second kappa shape index (κ2) is 4.90. The Kier molecular flexibility index (Phi) is 4.53. The molecule has 13 heavy (non-hydrogen) atoms. The molecule has 0 saturated heterocycles. The minimum Gasteiger partial charge on any atom is -0.355 e. The first-order valence-corrected chi connectivity index (χ1v) is 4.62. The Hall–Kier alpha value is -0.980. The van der Waals surface area contributed by atoms with Crippen molar-refractivity contribution in [2.24, 2.45) is 5.92 Å². The largest absolute Gasteiger partial charge is 0.355 e. The third-order valence-corrected chi connectivity index (χ3v) is 2.05. The van der Waals surface area contributed by atoms with Crippen LogP contribution >= 0.6 is 0 Å². The van der Waals surface area contributed by atoms with Crippen molar-refractivity contribution < 1.29 is 0 Å². The zero-order valence-electron chi connectivity index (χ0n) is 9.52. The molecule has 0 bridgehead atoms. The summed E-state index contributed by atoms with van der Waals surface area (Å²) in [7, 11) is 2.01. The molecule has 0 aromatic carbocycles. The maximum atomic E-state index is 3.96. The second-order valence-corrected chi connectivity index (χ2v) is 3.87. The van der Waals surface area contributed by atoms with Gasteiger partial charge in [-0.05, 0) is 25.3 Å². The van der Waals surface area contributed by atoms with Gasteiger partial charge in [0.2, 0.25) is 0 Å². The normalized spacial score (nSPS) is 11.7. The van der Waals surface area contributed by atoms with E-state index in [1.165, 1.54) is 5.57 Å². The summed E-state index contributed by atoms with van der Waals surface area (Å²) < 4.78 is 0. The highest BCUT2D eigenvalue weighted by Crippen LogP contribution is 2.18. The van der Waals surface area contributed by atoms with Crippen molar-refractivity contribution in [1.82, 2.24) is 4.90 Å². The van der Waals surface area contributed by atoms with Crippen LogP contribution in [0.2, 0.25) is 0 Å². The summed E-state index contributed by atoms with van der Waals surface area (Å²) in [5, 5.41) is 0. The number of rotatable bonds is 4. The van der Waals surface area contributed by atoms with Gasteiger partial charge in [0.1, 0.15) is 0 Å². The molecule has 0 heterocycles. The maximum absolute atomic E-state index is 3.96. The van der Waals surface area contributed by atoms with Gasteiger partial charge in [-0.15, -0.1) is 0 Å². The fourth-order valence-corrected chi connectivity index (χ4v) is 1.07. The lowest BCUT2D eigenvalue weighted by Crippen LogP contribution is -2.10. The van der Waals surface area contributed by atoms with Gasteiger partial charge >= 0.3 is 0 Å². The van der Waals surface area contributed by atoms with Crippen molar-refractivity contribution in [2.75, 3.05) is 7.05 Å². The van der Waals surface area contributed by atoms with Crippen molar-refractivity contribution in [1.29, 1.82) is 0 Å². The van der Waals surface area contributed by atoms with Gasteiger partial charge in [-0.2, -0.15) is 0 Å². The fraction of sp³-hybridized carbons (Fsp3) is 0.500. The number of hydrogen-bond donors (Lipinski definition) is 0. The number of allylic oxidation sites excluding steroid dienone is 3. The van der Waals surface area contributed by atoms with E-state index in [2.05, 4.69) is 33.2 Å². The summed E-state index contributed by atoms with van der Waals surface area (Å²) in [6.45, 7) is 16.2. The minimum absolute atomic E-state index is 0.513. The van der Waals surface area contributed by atoms with Crippen LogP contribution in [0.5, 0.6) is 0 Å². The van der Waals surface area contributed by atoms with Crippen LogP contribution in [0.15, 0.2) is 36.2 Å². The van der Waals surface area contributed by atoms with Crippen molar-refractivity contribution in [3.8, 4) is 0 Å². The molecular weight excluding hydrogens is 158 g/mol. The van der Waals surface area contributed by atoms with Gasteiger partial charge in [0, 0.05) is 18.9 Å². The van der Waals surface area contributed by atoms with E-state index in [4.69, 9.17) is 0 Å². The van der Waals surface area contributed by atoms with Crippen molar-refractivity contribution in [2.45, 2.75) is 27.7 Å². The molecule has 0 aliphatic heterocycles. The monoisotopic (exact) mass is 179 g/mol. The predicted molar refractivity (Wildman–Crippen MR) is 60.3 cm³/mol. The number of hydrogen-bond acceptors (Lipinski definition) is 1. The predicted octanol–water partition coefficient (Wildman–Crippen LogP) is 3.57. The van der Waals surface area contributed by atoms with Crippen molar-refractivity contribution in [3.63, 3.8) is 0 Å². The lowest BCUT2D eigenvalue weighted by Gasteiger charge is -2.18. The van der Waals surface area contributed by atoms with Gasteiger partial charge in [0.25, 0.3) is 0 Å². The van der Waals surface area contributed by atoms with Gasteiger partial charge in [-0.3, -0.25) is 0 Å². The van der Waals surface area contributed by atoms with Crippen LogP contribution in [0.1, 0.15) is 27.7 Å². The lowest BCUT2D eigenvalue weighted by molar-refractivity contribution is 0.558. The molecule has 0 aromatic heterocycles. The van der Waals surface area contributed by atoms with Crippen LogP contribution in [0.4, 0.5) is 0 Å². The third-order valence-electron chi connectivity index (χ3n) is 2.05. The molecule has 0 aromatic rings. The van der Waals surface area contributed by atoms with Crippen LogP contribution in [0.25, 0.3) is 0 Å². The fourth-order valence-electron chi connectivity index (χ4n) is 1.07. The molecule has 0 fully saturated rings. The first-order valence-electron chi connectivity index (χ1n) is 4.62. The zero-order chi connectivity index (χ0) is 10.6. The van der Waals surface area contributed by atoms with Gasteiger partial charge in [0.05, 0.1) is 0 Å². The Balaban J connectivity index is 4.73. The summed E-state index contributed by atoms with van der Waals surface area (Å²) in [4.78, 5) is 2.03. The molecule has 0 unspecified atom stereocenters. The van der Waals surface area contributed by atoms with Crippen molar-refractivity contribution in [3.05, 3.63) is 36.2 Å². The molecule has 0 spiro atoms. The third kappa shape index (κ3) is 3.97. The quantitative estimate of drug-likeness (QED) is 0.596. The topological polar surface area (TPSA) is 3.24 Å². The highest BCUT2D eigenvalue weighted by molar-refractivity contribution is 5.28. The molecule has 0 saturated carbocycles. The Labute approximate surface area is 82.4 Å². The molecular formula is C12H21N. The van der Waals surface area contributed by atoms with E-state index in [-0.39, 0.29) is 0 Å². The van der Waals surface area contributed by atoms with Crippen LogP contribution in [0, 0.1) is 5.92 Å². The van der Waals surface area contributed by atoms with E-state index in [0.29, 0.717) is 5.92 Å². The molecule has 1 heteroatoms. The Morgan fingerprint density at radius 2 is 1.69 bits per heavy atom. The average Bonchev–Trinajstić information content (AvgIpc) is 1.97. The molecule has 0 amide bonds. The van der Waals surface area contributed by atoms with E-state index in [1.54, 1.807) is 0 Å². The lowest BCUT2D eigenvalue weighted by atomic mass is 9.98. The molecule has 0 N–H and O–H groups in total. The standard InChI is InChI=1S/C12H21N/c1-9(2)12(10(3)4)8-13(7)11(5)6/h8,10H,1,5H2,2-4,6-7H3/b12-8+. The SMILES string of the molecule is C=C(C)/C(=C\N(C)C(=C)C)C(C)C. The van der Waals surface area contributed by atoms with Crippen LogP contribution < -0.4 is 0 Å². The molecule has 0 rings (SSSR count). The van der Waals surface area contributed by atoms with E-state index >= 15 is 0 Å². The first-order chi connectivity index (χ1) is 5.86. The molecule has 0 aliphatic rings. The van der Waals surface area contributed by atoms with E-state index in [9.17, 15) is 0 Å². The zero-order valence-corrected chi connectivity index (χ0v) is 9.52. The van der Waals surface area contributed by atoms with Gasteiger partial charge < -0.3 is 4.90 Å². The van der Waals surface area contributed by atoms with Gasteiger partial charge in [0.15, 0.2) is 0 Å². The van der Waals surface area contributed by atoms with E-state index < -0.39 is 0 Å². The molecule has 0 radical (unpaired) electrons. The Morgan fingerprint density at radius 3 is 1.92 bits per heavy atom. The summed E-state index contributed by atoms with van der Waals surface area (Å²) in [6, 6.07) is 0. The average molecular weight is 179 g/mol. The molecule has 0 atom stereocenters. The van der Waals surface area contributed by atoms with E-state index in [0.717, 1.165) is 11.3 Å². The van der Waals surface area contributed by atoms with Crippen molar-refractivity contribution >= 4 is 0 Å². The maximum Gasteiger partial charge on any atom is 0.0109 e. The summed E-state index contributed by atoms with van der Waals surface area (Å²) in [6.07, 6.45) is 2.11. The van der Waals surface area contributed by atoms with Crippen LogP contribution in [0.3, 0.4) is 0 Å². The van der Waals surface area contributed by atoms with E-state index in [1.807, 2.05) is 25.8 Å². The number of nitrogens with zero attached hydrogens (tertiary/aromatic N) is 1. The smallest absolute Gasteiger partial charge is 0.0109 e.